The molecular weight excluding hydrogens is 276 g/mol. The van der Waals surface area contributed by atoms with Crippen LogP contribution in [0.5, 0.6) is 0 Å². The van der Waals surface area contributed by atoms with Gasteiger partial charge in [0.1, 0.15) is 0 Å². The van der Waals surface area contributed by atoms with E-state index in [9.17, 15) is 4.79 Å². The van der Waals surface area contributed by atoms with Crippen molar-refractivity contribution in [1.29, 1.82) is 0 Å². The minimum atomic E-state index is -0.0974. The molecule has 2 heterocycles. The zero-order chi connectivity index (χ0) is 15.2. The molecule has 1 amide bonds. The Morgan fingerprint density at radius 2 is 1.95 bits per heavy atom. The summed E-state index contributed by atoms with van der Waals surface area (Å²) in [5, 5.41) is 2.86. The number of aromatic nitrogens is 3. The number of amides is 1. The van der Waals surface area contributed by atoms with E-state index < -0.39 is 0 Å². The number of hydrogen-bond donors (Lipinski definition) is 1. The first-order valence-corrected chi connectivity index (χ1v) is 7.04. The molecule has 3 aromatic rings. The number of carbonyl (C=O) groups is 1. The minimum absolute atomic E-state index is 0.0974. The second-order valence-corrected chi connectivity index (χ2v) is 4.94. The Bertz CT molecular complexity index is 721. The third-order valence-electron chi connectivity index (χ3n) is 3.30. The van der Waals surface area contributed by atoms with E-state index in [2.05, 4.69) is 15.3 Å². The summed E-state index contributed by atoms with van der Waals surface area (Å²) in [6.45, 7) is 1.17. The zero-order valence-electron chi connectivity index (χ0n) is 12.0. The fourth-order valence-electron chi connectivity index (χ4n) is 2.13. The van der Waals surface area contributed by atoms with Crippen molar-refractivity contribution in [3.8, 4) is 0 Å². The van der Waals surface area contributed by atoms with E-state index in [0.29, 0.717) is 12.1 Å². The summed E-state index contributed by atoms with van der Waals surface area (Å²) in [5.41, 5.74) is 2.61. The minimum Gasteiger partial charge on any atom is -0.346 e. The van der Waals surface area contributed by atoms with Crippen molar-refractivity contribution >= 4 is 5.91 Å². The SMILES string of the molecule is O=C(NCc1ccccn1)c1ccc(Cn2ccnc2)cc1. The summed E-state index contributed by atoms with van der Waals surface area (Å²) < 4.78 is 1.98. The Morgan fingerprint density at radius 1 is 1.09 bits per heavy atom. The van der Waals surface area contributed by atoms with Gasteiger partial charge in [-0.3, -0.25) is 9.78 Å². The van der Waals surface area contributed by atoms with Crippen LogP contribution in [-0.2, 0) is 13.1 Å². The molecule has 1 aromatic carbocycles. The Labute approximate surface area is 128 Å². The third kappa shape index (κ3) is 3.58. The van der Waals surface area contributed by atoms with Crippen LogP contribution < -0.4 is 5.32 Å². The van der Waals surface area contributed by atoms with Crippen molar-refractivity contribution in [2.45, 2.75) is 13.1 Å². The highest BCUT2D eigenvalue weighted by Gasteiger charge is 2.05. The lowest BCUT2D eigenvalue weighted by Crippen LogP contribution is -2.23. The number of imidazole rings is 1. The van der Waals surface area contributed by atoms with Gasteiger partial charge >= 0.3 is 0 Å². The molecule has 0 atom stereocenters. The molecule has 0 bridgehead atoms. The number of rotatable bonds is 5. The van der Waals surface area contributed by atoms with Crippen LogP contribution >= 0.6 is 0 Å². The number of carbonyl (C=O) groups excluding carboxylic acids is 1. The average Bonchev–Trinajstić information content (AvgIpc) is 3.07. The topological polar surface area (TPSA) is 59.8 Å². The second-order valence-electron chi connectivity index (χ2n) is 4.94. The van der Waals surface area contributed by atoms with Crippen LogP contribution in [0.1, 0.15) is 21.6 Å². The van der Waals surface area contributed by atoms with Crippen LogP contribution in [0.4, 0.5) is 0 Å². The summed E-state index contributed by atoms with van der Waals surface area (Å²) >= 11 is 0. The maximum atomic E-state index is 12.1. The molecule has 2 aromatic heterocycles. The van der Waals surface area contributed by atoms with Crippen LogP contribution in [0.25, 0.3) is 0 Å². The van der Waals surface area contributed by atoms with Crippen LogP contribution in [-0.4, -0.2) is 20.4 Å². The molecule has 3 rings (SSSR count). The van der Waals surface area contributed by atoms with Crippen molar-refractivity contribution in [3.05, 3.63) is 84.2 Å². The van der Waals surface area contributed by atoms with Gasteiger partial charge in [-0.1, -0.05) is 18.2 Å². The molecule has 0 saturated heterocycles. The molecule has 0 aliphatic heterocycles. The fourth-order valence-corrected chi connectivity index (χ4v) is 2.13. The van der Waals surface area contributed by atoms with Gasteiger partial charge in [0.2, 0.25) is 0 Å². The van der Waals surface area contributed by atoms with Gasteiger partial charge in [0.05, 0.1) is 18.6 Å². The van der Waals surface area contributed by atoms with Gasteiger partial charge in [-0.15, -0.1) is 0 Å². The average molecular weight is 292 g/mol. The van der Waals surface area contributed by atoms with Crippen LogP contribution in [0.3, 0.4) is 0 Å². The van der Waals surface area contributed by atoms with E-state index in [1.54, 1.807) is 18.7 Å². The number of nitrogens with one attached hydrogen (secondary N) is 1. The summed E-state index contributed by atoms with van der Waals surface area (Å²) in [6, 6.07) is 13.2. The van der Waals surface area contributed by atoms with Gasteiger partial charge in [0, 0.05) is 30.7 Å². The Morgan fingerprint density at radius 3 is 2.64 bits per heavy atom. The zero-order valence-corrected chi connectivity index (χ0v) is 12.0. The smallest absolute Gasteiger partial charge is 0.251 e. The van der Waals surface area contributed by atoms with Gasteiger partial charge in [-0.25, -0.2) is 4.98 Å². The predicted octanol–water partition coefficient (Wildman–Crippen LogP) is 2.26. The maximum absolute atomic E-state index is 12.1. The lowest BCUT2D eigenvalue weighted by molar-refractivity contribution is 0.0950. The van der Waals surface area contributed by atoms with E-state index in [1.807, 2.05) is 53.2 Å². The highest BCUT2D eigenvalue weighted by atomic mass is 16.1. The maximum Gasteiger partial charge on any atom is 0.251 e. The van der Waals surface area contributed by atoms with Crippen molar-refractivity contribution in [1.82, 2.24) is 19.9 Å². The Balaban J connectivity index is 1.59. The molecule has 0 aliphatic carbocycles. The van der Waals surface area contributed by atoms with E-state index in [-0.39, 0.29) is 5.91 Å². The molecule has 5 nitrogen and oxygen atoms in total. The van der Waals surface area contributed by atoms with Crippen LogP contribution in [0, 0.1) is 0 Å². The van der Waals surface area contributed by atoms with Gasteiger partial charge in [0.25, 0.3) is 5.91 Å². The summed E-state index contributed by atoms with van der Waals surface area (Å²) in [4.78, 5) is 20.3. The summed E-state index contributed by atoms with van der Waals surface area (Å²) in [7, 11) is 0. The fraction of sp³-hybridized carbons (Fsp3) is 0.118. The highest BCUT2D eigenvalue weighted by Crippen LogP contribution is 2.07. The number of nitrogens with zero attached hydrogens (tertiary/aromatic N) is 3. The molecular formula is C17H16N4O. The lowest BCUT2D eigenvalue weighted by atomic mass is 10.1. The van der Waals surface area contributed by atoms with Gasteiger partial charge < -0.3 is 9.88 Å². The summed E-state index contributed by atoms with van der Waals surface area (Å²) in [5.74, 6) is -0.0974. The predicted molar refractivity (Wildman–Crippen MR) is 83.2 cm³/mol. The first kappa shape index (κ1) is 14.0. The lowest BCUT2D eigenvalue weighted by Gasteiger charge is -2.06. The highest BCUT2D eigenvalue weighted by molar-refractivity contribution is 5.94. The van der Waals surface area contributed by atoms with Crippen molar-refractivity contribution in [2.24, 2.45) is 0 Å². The standard InChI is InChI=1S/C17H16N4O/c22-17(20-11-16-3-1-2-8-19-16)15-6-4-14(5-7-15)12-21-10-9-18-13-21/h1-10,13H,11-12H2,(H,20,22). The van der Waals surface area contributed by atoms with E-state index in [1.165, 1.54) is 0 Å². The normalized spacial score (nSPS) is 10.4. The molecule has 5 heteroatoms. The quantitative estimate of drug-likeness (QED) is 0.784. The molecule has 0 spiro atoms. The molecule has 110 valence electrons. The first-order valence-electron chi connectivity index (χ1n) is 7.04. The molecule has 1 N–H and O–H groups in total. The van der Waals surface area contributed by atoms with Crippen LogP contribution in [0.2, 0.25) is 0 Å². The Hall–Kier alpha value is -2.95. The van der Waals surface area contributed by atoms with E-state index in [4.69, 9.17) is 0 Å². The molecule has 22 heavy (non-hydrogen) atoms. The second kappa shape index (κ2) is 6.67. The monoisotopic (exact) mass is 292 g/mol. The largest absolute Gasteiger partial charge is 0.346 e. The number of pyridine rings is 1. The van der Waals surface area contributed by atoms with Gasteiger partial charge in [-0.05, 0) is 29.8 Å². The summed E-state index contributed by atoms with van der Waals surface area (Å²) in [6.07, 6.45) is 7.15. The molecule has 0 radical (unpaired) electrons. The van der Waals surface area contributed by atoms with Gasteiger partial charge in [0.15, 0.2) is 0 Å². The number of hydrogen-bond acceptors (Lipinski definition) is 3. The number of benzene rings is 1. The van der Waals surface area contributed by atoms with Crippen molar-refractivity contribution in [3.63, 3.8) is 0 Å². The van der Waals surface area contributed by atoms with Gasteiger partial charge in [-0.2, -0.15) is 0 Å². The van der Waals surface area contributed by atoms with E-state index >= 15 is 0 Å². The van der Waals surface area contributed by atoms with Crippen LogP contribution in [0.15, 0.2) is 67.4 Å². The third-order valence-corrected chi connectivity index (χ3v) is 3.30. The van der Waals surface area contributed by atoms with Crippen molar-refractivity contribution in [2.75, 3.05) is 0 Å². The van der Waals surface area contributed by atoms with E-state index in [0.717, 1.165) is 17.8 Å². The molecule has 0 unspecified atom stereocenters. The van der Waals surface area contributed by atoms with Crippen molar-refractivity contribution < 1.29 is 4.79 Å². The molecule has 0 saturated carbocycles. The molecule has 0 aliphatic rings. The molecule has 0 fully saturated rings. The Kier molecular flexibility index (Phi) is 4.25. The first-order chi connectivity index (χ1) is 10.8.